The highest BCUT2D eigenvalue weighted by Gasteiger charge is 2.36. The second-order valence-corrected chi connectivity index (χ2v) is 7.44. The molecule has 0 bridgehead atoms. The molecule has 0 aliphatic carbocycles. The third-order valence-corrected chi connectivity index (χ3v) is 4.96. The summed E-state index contributed by atoms with van der Waals surface area (Å²) in [7, 11) is 0. The van der Waals surface area contributed by atoms with Crippen molar-refractivity contribution < 1.29 is 33.6 Å². The highest BCUT2D eigenvalue weighted by molar-refractivity contribution is 5.97. The van der Waals surface area contributed by atoms with Crippen molar-refractivity contribution in [3.05, 3.63) is 69.8 Å². The van der Waals surface area contributed by atoms with Crippen LogP contribution in [0.2, 0.25) is 0 Å². The molecular weight excluding hydrogens is 448 g/mol. The second kappa shape index (κ2) is 10.3. The number of amides is 3. The van der Waals surface area contributed by atoms with Gasteiger partial charge in [0.25, 0.3) is 17.5 Å². The summed E-state index contributed by atoms with van der Waals surface area (Å²) in [5.41, 5.74) is 3.17. The van der Waals surface area contributed by atoms with Crippen LogP contribution in [-0.2, 0) is 19.1 Å². The monoisotopic (exact) mass is 468 g/mol. The number of carbonyl (C=O) groups excluding carboxylic acids is 5. The van der Waals surface area contributed by atoms with Crippen molar-refractivity contribution in [3.63, 3.8) is 0 Å². The molecular formula is C22H20N4O8. The van der Waals surface area contributed by atoms with E-state index >= 15 is 0 Å². The number of hydrazine groups is 1. The van der Waals surface area contributed by atoms with E-state index in [9.17, 15) is 34.1 Å². The fourth-order valence-corrected chi connectivity index (χ4v) is 3.14. The van der Waals surface area contributed by atoms with Crippen LogP contribution in [0.3, 0.4) is 0 Å². The first-order valence-corrected chi connectivity index (χ1v) is 10.1. The zero-order valence-corrected chi connectivity index (χ0v) is 18.0. The number of ether oxygens (including phenoxy) is 1. The van der Waals surface area contributed by atoms with E-state index in [2.05, 4.69) is 10.7 Å². The number of ketones is 1. The van der Waals surface area contributed by atoms with Gasteiger partial charge in [0.2, 0.25) is 5.91 Å². The number of nitro groups is 1. The van der Waals surface area contributed by atoms with Crippen LogP contribution in [0.5, 0.6) is 0 Å². The van der Waals surface area contributed by atoms with Gasteiger partial charge >= 0.3 is 5.97 Å². The average molecular weight is 468 g/mol. The van der Waals surface area contributed by atoms with Gasteiger partial charge in [0.15, 0.2) is 12.4 Å². The van der Waals surface area contributed by atoms with Gasteiger partial charge in [0.05, 0.1) is 17.4 Å². The maximum absolute atomic E-state index is 12.3. The zero-order chi connectivity index (χ0) is 24.8. The Labute approximate surface area is 193 Å². The summed E-state index contributed by atoms with van der Waals surface area (Å²) >= 11 is 0. The first-order chi connectivity index (χ1) is 16.1. The molecule has 34 heavy (non-hydrogen) atoms. The lowest BCUT2D eigenvalue weighted by Gasteiger charge is -2.17. The van der Waals surface area contributed by atoms with Gasteiger partial charge in [-0.25, -0.2) is 0 Å². The SMILES string of the molecule is CC(=O)c1ccc(NC(=O)COC(=O)[C@H]2CC(=O)N(NC(=O)c3ccc([N+](=O)[O-])cc3)C2)cc1. The molecule has 1 saturated heterocycles. The van der Waals surface area contributed by atoms with E-state index in [1.807, 2.05) is 0 Å². The Balaban J connectivity index is 1.47. The number of benzene rings is 2. The number of hydrogen-bond acceptors (Lipinski definition) is 8. The number of hydrogen-bond donors (Lipinski definition) is 2. The molecule has 1 aliphatic heterocycles. The summed E-state index contributed by atoms with van der Waals surface area (Å²) in [5, 5.41) is 14.2. The van der Waals surface area contributed by atoms with Crippen molar-refractivity contribution in [3.8, 4) is 0 Å². The minimum absolute atomic E-state index is 0.0948. The number of carbonyl (C=O) groups is 5. The van der Waals surface area contributed by atoms with Crippen LogP contribution in [0.25, 0.3) is 0 Å². The fourth-order valence-electron chi connectivity index (χ4n) is 3.14. The van der Waals surface area contributed by atoms with Crippen molar-refractivity contribution in [1.29, 1.82) is 0 Å². The van der Waals surface area contributed by atoms with Crippen molar-refractivity contribution in [2.24, 2.45) is 5.92 Å². The summed E-state index contributed by atoms with van der Waals surface area (Å²) in [5.74, 6) is -3.57. The number of anilines is 1. The van der Waals surface area contributed by atoms with Crippen LogP contribution in [0.1, 0.15) is 34.1 Å². The molecule has 12 nitrogen and oxygen atoms in total. The molecule has 2 N–H and O–H groups in total. The van der Waals surface area contributed by atoms with Crippen LogP contribution >= 0.6 is 0 Å². The summed E-state index contributed by atoms with van der Waals surface area (Å²) in [4.78, 5) is 70.1. The van der Waals surface area contributed by atoms with Crippen LogP contribution in [0.15, 0.2) is 48.5 Å². The van der Waals surface area contributed by atoms with Crippen molar-refractivity contribution >= 4 is 40.8 Å². The van der Waals surface area contributed by atoms with E-state index in [1.165, 1.54) is 31.2 Å². The van der Waals surface area contributed by atoms with E-state index in [4.69, 9.17) is 4.74 Å². The Hall–Kier alpha value is -4.61. The lowest BCUT2D eigenvalue weighted by Crippen LogP contribution is -2.43. The molecule has 0 spiro atoms. The number of Topliss-reactive ketones (excluding diaryl/α,β-unsaturated/α-hetero) is 1. The molecule has 12 heteroatoms. The topological polar surface area (TPSA) is 165 Å². The minimum atomic E-state index is -0.882. The number of non-ortho nitro benzene ring substituents is 1. The summed E-state index contributed by atoms with van der Waals surface area (Å²) in [6, 6.07) is 11.0. The van der Waals surface area contributed by atoms with Crippen molar-refractivity contribution in [2.45, 2.75) is 13.3 Å². The van der Waals surface area contributed by atoms with Crippen molar-refractivity contribution in [1.82, 2.24) is 10.4 Å². The smallest absolute Gasteiger partial charge is 0.311 e. The first kappa shape index (κ1) is 24.0. The highest BCUT2D eigenvalue weighted by atomic mass is 16.6. The number of esters is 1. The third kappa shape index (κ3) is 6.00. The summed E-state index contributed by atoms with van der Waals surface area (Å²) < 4.78 is 4.98. The molecule has 1 fully saturated rings. The van der Waals surface area contributed by atoms with Crippen LogP contribution in [0, 0.1) is 16.0 Å². The molecule has 176 valence electrons. The number of nitrogens with one attached hydrogen (secondary N) is 2. The van der Waals surface area contributed by atoms with E-state index in [-0.39, 0.29) is 30.0 Å². The zero-order valence-electron chi connectivity index (χ0n) is 18.0. The van der Waals surface area contributed by atoms with Gasteiger partial charge in [-0.2, -0.15) is 0 Å². The molecule has 0 aromatic heterocycles. The van der Waals surface area contributed by atoms with Gasteiger partial charge < -0.3 is 10.1 Å². The Bertz CT molecular complexity index is 1140. The molecule has 1 aliphatic rings. The average Bonchev–Trinajstić information content (AvgIpc) is 3.18. The highest BCUT2D eigenvalue weighted by Crippen LogP contribution is 2.19. The van der Waals surface area contributed by atoms with Gasteiger partial charge in [-0.1, -0.05) is 0 Å². The standard InChI is InChI=1S/C22H20N4O8/c1-13(27)14-2-6-17(7-3-14)23-19(28)12-34-22(31)16-10-20(29)25(11-16)24-21(30)15-4-8-18(9-5-15)26(32)33/h2-9,16H,10-12H2,1H3,(H,23,28)(H,24,30)/t16-/m0/s1. The van der Waals surface area contributed by atoms with E-state index < -0.39 is 41.1 Å². The van der Waals surface area contributed by atoms with E-state index in [1.54, 1.807) is 12.1 Å². The van der Waals surface area contributed by atoms with Crippen molar-refractivity contribution in [2.75, 3.05) is 18.5 Å². The Morgan fingerprint density at radius 1 is 1.06 bits per heavy atom. The predicted octanol–water partition coefficient (Wildman–Crippen LogP) is 1.47. The maximum Gasteiger partial charge on any atom is 0.311 e. The molecule has 3 rings (SSSR count). The predicted molar refractivity (Wildman–Crippen MR) is 116 cm³/mol. The van der Waals surface area contributed by atoms with Gasteiger partial charge in [0.1, 0.15) is 0 Å². The Morgan fingerprint density at radius 3 is 2.26 bits per heavy atom. The largest absolute Gasteiger partial charge is 0.455 e. The minimum Gasteiger partial charge on any atom is -0.455 e. The second-order valence-electron chi connectivity index (χ2n) is 7.44. The van der Waals surface area contributed by atoms with Gasteiger partial charge in [-0.3, -0.25) is 44.5 Å². The lowest BCUT2D eigenvalue weighted by atomic mass is 10.1. The van der Waals surface area contributed by atoms with Crippen LogP contribution < -0.4 is 10.7 Å². The fraction of sp³-hybridized carbons (Fsp3) is 0.227. The Kier molecular flexibility index (Phi) is 7.31. The van der Waals surface area contributed by atoms with E-state index in [0.717, 1.165) is 17.1 Å². The molecule has 0 unspecified atom stereocenters. The normalized spacial score (nSPS) is 14.9. The maximum atomic E-state index is 12.3. The molecule has 2 aromatic carbocycles. The van der Waals surface area contributed by atoms with Crippen LogP contribution in [-0.4, -0.2) is 52.6 Å². The van der Waals surface area contributed by atoms with Gasteiger partial charge in [-0.05, 0) is 43.3 Å². The summed E-state index contributed by atoms with van der Waals surface area (Å²) in [6.45, 7) is 0.695. The number of nitro benzene ring substituents is 1. The molecule has 0 radical (unpaired) electrons. The van der Waals surface area contributed by atoms with Crippen LogP contribution in [0.4, 0.5) is 11.4 Å². The van der Waals surface area contributed by atoms with E-state index in [0.29, 0.717) is 11.3 Å². The Morgan fingerprint density at radius 2 is 1.68 bits per heavy atom. The lowest BCUT2D eigenvalue weighted by molar-refractivity contribution is -0.384. The quantitative estimate of drug-likeness (QED) is 0.254. The number of nitrogens with zero attached hydrogens (tertiary/aromatic N) is 2. The first-order valence-electron chi connectivity index (χ1n) is 10.1. The van der Waals surface area contributed by atoms with Gasteiger partial charge in [0, 0.05) is 35.4 Å². The number of rotatable bonds is 8. The molecule has 3 amide bonds. The third-order valence-electron chi connectivity index (χ3n) is 4.96. The van der Waals surface area contributed by atoms with Gasteiger partial charge in [-0.15, -0.1) is 0 Å². The molecule has 0 saturated carbocycles. The molecule has 1 atom stereocenters. The molecule has 1 heterocycles. The summed E-state index contributed by atoms with van der Waals surface area (Å²) in [6.07, 6.45) is -0.215. The molecule has 2 aromatic rings.